The first-order chi connectivity index (χ1) is 8.58. The van der Waals surface area contributed by atoms with Crippen molar-refractivity contribution in [1.29, 1.82) is 5.26 Å². The maximum atomic E-state index is 9.30. The molecule has 2 rings (SSSR count). The molecule has 0 aliphatic heterocycles. The molecule has 0 unspecified atom stereocenters. The molecule has 3 N–H and O–H groups in total. The third-order valence-electron chi connectivity index (χ3n) is 2.92. The van der Waals surface area contributed by atoms with Crippen LogP contribution in [-0.4, -0.2) is 0 Å². The topological polar surface area (TPSA) is 63.9 Å². The second-order valence-electron chi connectivity index (χ2n) is 3.96. The summed E-state index contributed by atoms with van der Waals surface area (Å²) in [6, 6.07) is 6.19. The molecular formula is C13H13BrN3S+. The molecule has 0 saturated heterocycles. The number of aromatic amines is 1. The number of anilines is 1. The van der Waals surface area contributed by atoms with E-state index in [1.807, 2.05) is 19.1 Å². The van der Waals surface area contributed by atoms with E-state index in [4.69, 9.17) is 5.73 Å². The van der Waals surface area contributed by atoms with Crippen LogP contribution in [0.3, 0.4) is 0 Å². The average Bonchev–Trinajstić information content (AvgIpc) is 2.77. The van der Waals surface area contributed by atoms with Crippen LogP contribution >= 0.6 is 27.3 Å². The first kappa shape index (κ1) is 13.1. The fourth-order valence-electron chi connectivity index (χ4n) is 2.02. The molecule has 5 heteroatoms. The SMILES string of the molecule is CCc1[nH+]c(N)c(C#N)c(-c2ccc(Br)s2)c1C. The fourth-order valence-corrected chi connectivity index (χ4v) is 3.51. The van der Waals surface area contributed by atoms with Gasteiger partial charge in [0.15, 0.2) is 0 Å². The number of nitrogens with zero attached hydrogens (tertiary/aromatic N) is 1. The Bertz CT molecular complexity index is 640. The van der Waals surface area contributed by atoms with E-state index < -0.39 is 0 Å². The van der Waals surface area contributed by atoms with Crippen LogP contribution in [0.2, 0.25) is 0 Å². The molecule has 3 nitrogen and oxygen atoms in total. The number of thiophene rings is 1. The molecule has 0 saturated carbocycles. The van der Waals surface area contributed by atoms with Gasteiger partial charge in [0.05, 0.1) is 3.79 Å². The summed E-state index contributed by atoms with van der Waals surface area (Å²) in [6.07, 6.45) is 0.862. The number of nitrogen functional groups attached to an aromatic ring is 1. The largest absolute Gasteiger partial charge is 0.289 e. The average molecular weight is 323 g/mol. The Morgan fingerprint density at radius 2 is 2.22 bits per heavy atom. The van der Waals surface area contributed by atoms with Crippen molar-refractivity contribution >= 4 is 33.1 Å². The summed E-state index contributed by atoms with van der Waals surface area (Å²) in [7, 11) is 0. The third kappa shape index (κ3) is 2.14. The van der Waals surface area contributed by atoms with Crippen LogP contribution in [0, 0.1) is 18.3 Å². The van der Waals surface area contributed by atoms with Gasteiger partial charge in [0.1, 0.15) is 17.3 Å². The molecular weight excluding hydrogens is 310 g/mol. The smallest absolute Gasteiger partial charge is 0.286 e. The first-order valence-corrected chi connectivity index (χ1v) is 7.19. The number of nitriles is 1. The zero-order valence-corrected chi connectivity index (χ0v) is 12.6. The lowest BCUT2D eigenvalue weighted by atomic mass is 9.99. The highest BCUT2D eigenvalue weighted by molar-refractivity contribution is 9.11. The van der Waals surface area contributed by atoms with Crippen molar-refractivity contribution in [2.75, 3.05) is 5.73 Å². The van der Waals surface area contributed by atoms with Gasteiger partial charge in [-0.2, -0.15) is 5.26 Å². The number of pyridine rings is 1. The molecule has 0 spiro atoms. The number of nitrogens with two attached hydrogens (primary N) is 1. The second kappa shape index (κ2) is 5.09. The van der Waals surface area contributed by atoms with Crippen molar-refractivity contribution in [3.05, 3.63) is 32.7 Å². The van der Waals surface area contributed by atoms with E-state index in [2.05, 4.69) is 33.9 Å². The highest BCUT2D eigenvalue weighted by Gasteiger charge is 2.20. The van der Waals surface area contributed by atoms with Crippen LogP contribution in [-0.2, 0) is 6.42 Å². The number of aryl methyl sites for hydroxylation is 1. The Labute approximate surface area is 118 Å². The van der Waals surface area contributed by atoms with Gasteiger partial charge in [-0.3, -0.25) is 5.73 Å². The van der Waals surface area contributed by atoms with E-state index in [0.29, 0.717) is 11.4 Å². The predicted octanol–water partition coefficient (Wildman–Crippen LogP) is 3.32. The summed E-state index contributed by atoms with van der Waals surface area (Å²) < 4.78 is 1.05. The zero-order chi connectivity index (χ0) is 13.3. The van der Waals surface area contributed by atoms with Gasteiger partial charge in [0.25, 0.3) is 5.82 Å². The molecule has 18 heavy (non-hydrogen) atoms. The molecule has 0 aromatic carbocycles. The Morgan fingerprint density at radius 3 is 2.72 bits per heavy atom. The van der Waals surface area contributed by atoms with Crippen molar-refractivity contribution in [2.45, 2.75) is 20.3 Å². The lowest BCUT2D eigenvalue weighted by Gasteiger charge is -2.09. The quantitative estimate of drug-likeness (QED) is 0.921. The monoisotopic (exact) mass is 322 g/mol. The van der Waals surface area contributed by atoms with Gasteiger partial charge in [-0.15, -0.1) is 11.3 Å². The number of halogens is 1. The summed E-state index contributed by atoms with van der Waals surface area (Å²) in [4.78, 5) is 4.17. The van der Waals surface area contributed by atoms with E-state index in [1.165, 1.54) is 0 Å². The molecule has 0 aliphatic rings. The molecule has 92 valence electrons. The molecule has 0 amide bonds. The van der Waals surface area contributed by atoms with Crippen LogP contribution < -0.4 is 10.7 Å². The Balaban J connectivity index is 2.79. The number of aromatic nitrogens is 1. The van der Waals surface area contributed by atoms with Gasteiger partial charge in [0, 0.05) is 22.4 Å². The normalized spacial score (nSPS) is 10.3. The van der Waals surface area contributed by atoms with Gasteiger partial charge in [0.2, 0.25) is 0 Å². The van der Waals surface area contributed by atoms with Crippen LogP contribution in [0.5, 0.6) is 0 Å². The Kier molecular flexibility index (Phi) is 3.69. The summed E-state index contributed by atoms with van der Waals surface area (Å²) >= 11 is 5.06. The standard InChI is InChI=1S/C13H12BrN3S/c1-3-9-7(2)12(8(6-15)13(16)17-9)10-4-5-11(14)18-10/h4-5H,3H2,1-2H3,(H2,16,17)/p+1. The van der Waals surface area contributed by atoms with Crippen LogP contribution in [0.1, 0.15) is 23.7 Å². The zero-order valence-electron chi connectivity index (χ0n) is 10.2. The van der Waals surface area contributed by atoms with E-state index >= 15 is 0 Å². The van der Waals surface area contributed by atoms with Crippen molar-refractivity contribution < 1.29 is 4.98 Å². The Morgan fingerprint density at radius 1 is 1.50 bits per heavy atom. The molecule has 0 atom stereocenters. The van der Waals surface area contributed by atoms with Crippen molar-refractivity contribution in [3.63, 3.8) is 0 Å². The summed E-state index contributed by atoms with van der Waals surface area (Å²) in [6.45, 7) is 4.09. The molecule has 0 bridgehead atoms. The van der Waals surface area contributed by atoms with Crippen LogP contribution in [0.15, 0.2) is 15.9 Å². The number of H-pyrrole nitrogens is 1. The molecule has 0 fully saturated rings. The van der Waals surface area contributed by atoms with Crippen LogP contribution in [0.25, 0.3) is 10.4 Å². The van der Waals surface area contributed by atoms with E-state index in [1.54, 1.807) is 11.3 Å². The van der Waals surface area contributed by atoms with Gasteiger partial charge in [-0.1, -0.05) is 6.92 Å². The van der Waals surface area contributed by atoms with Gasteiger partial charge in [-0.05, 0) is 35.0 Å². The number of nitrogens with one attached hydrogen (secondary N) is 1. The molecule has 0 radical (unpaired) electrons. The molecule has 2 aromatic heterocycles. The van der Waals surface area contributed by atoms with Crippen molar-refractivity contribution in [1.82, 2.24) is 0 Å². The highest BCUT2D eigenvalue weighted by Crippen LogP contribution is 2.36. The summed E-state index contributed by atoms with van der Waals surface area (Å²) in [5.74, 6) is 0.444. The Hall–Kier alpha value is -1.38. The second-order valence-corrected chi connectivity index (χ2v) is 6.42. The number of rotatable bonds is 2. The van der Waals surface area contributed by atoms with E-state index in [0.717, 1.165) is 31.9 Å². The first-order valence-electron chi connectivity index (χ1n) is 5.58. The van der Waals surface area contributed by atoms with E-state index in [-0.39, 0.29) is 0 Å². The van der Waals surface area contributed by atoms with Gasteiger partial charge in [-0.25, -0.2) is 4.98 Å². The number of hydrogen-bond donors (Lipinski definition) is 1. The van der Waals surface area contributed by atoms with Gasteiger partial charge >= 0.3 is 0 Å². The lowest BCUT2D eigenvalue weighted by molar-refractivity contribution is -0.373. The predicted molar refractivity (Wildman–Crippen MR) is 77.3 cm³/mol. The lowest BCUT2D eigenvalue weighted by Crippen LogP contribution is -2.20. The summed E-state index contributed by atoms with van der Waals surface area (Å²) in [5, 5.41) is 9.30. The fraction of sp³-hybridized carbons (Fsp3) is 0.231. The molecule has 0 aliphatic carbocycles. The maximum absolute atomic E-state index is 9.30. The van der Waals surface area contributed by atoms with Crippen molar-refractivity contribution in [2.24, 2.45) is 0 Å². The number of hydrogen-bond acceptors (Lipinski definition) is 3. The minimum absolute atomic E-state index is 0.444. The van der Waals surface area contributed by atoms with Crippen LogP contribution in [0.4, 0.5) is 5.82 Å². The van der Waals surface area contributed by atoms with Crippen molar-refractivity contribution in [3.8, 4) is 16.5 Å². The molecule has 2 aromatic rings. The highest BCUT2D eigenvalue weighted by atomic mass is 79.9. The van der Waals surface area contributed by atoms with E-state index in [9.17, 15) is 5.26 Å². The molecule has 2 heterocycles. The minimum atomic E-state index is 0.444. The maximum Gasteiger partial charge on any atom is 0.289 e. The third-order valence-corrected chi connectivity index (χ3v) is 4.56. The summed E-state index contributed by atoms with van der Waals surface area (Å²) in [5.41, 5.74) is 9.58. The van der Waals surface area contributed by atoms with Gasteiger partial charge < -0.3 is 0 Å². The minimum Gasteiger partial charge on any atom is -0.286 e.